The van der Waals surface area contributed by atoms with Crippen LogP contribution in [-0.2, 0) is 0 Å². The molecule has 0 fully saturated rings. The summed E-state index contributed by atoms with van der Waals surface area (Å²) in [6.07, 6.45) is 2.24. The second-order valence-electron chi connectivity index (χ2n) is 4.52. The van der Waals surface area contributed by atoms with Crippen molar-refractivity contribution in [2.75, 3.05) is 6.61 Å². The van der Waals surface area contributed by atoms with Gasteiger partial charge in [-0.15, -0.1) is 0 Å². The van der Waals surface area contributed by atoms with Gasteiger partial charge < -0.3 is 15.3 Å². The Kier molecular flexibility index (Phi) is 8.02. The first-order valence-corrected chi connectivity index (χ1v) is 6.01. The van der Waals surface area contributed by atoms with E-state index < -0.39 is 12.2 Å². The van der Waals surface area contributed by atoms with Crippen molar-refractivity contribution in [3.8, 4) is 0 Å². The lowest BCUT2D eigenvalue weighted by atomic mass is 9.86. The highest BCUT2D eigenvalue weighted by molar-refractivity contribution is 4.75. The summed E-state index contributed by atoms with van der Waals surface area (Å²) in [5.41, 5.74) is 0. The van der Waals surface area contributed by atoms with Crippen LogP contribution in [0.1, 0.15) is 46.5 Å². The van der Waals surface area contributed by atoms with Gasteiger partial charge in [0, 0.05) is 12.5 Å². The molecule has 92 valence electrons. The lowest BCUT2D eigenvalue weighted by Crippen LogP contribution is -2.33. The Hall–Kier alpha value is -0.120. The van der Waals surface area contributed by atoms with E-state index in [0.717, 1.165) is 19.3 Å². The van der Waals surface area contributed by atoms with Crippen LogP contribution in [0.5, 0.6) is 0 Å². The minimum Gasteiger partial charge on any atom is -0.396 e. The Morgan fingerprint density at radius 2 is 1.67 bits per heavy atom. The van der Waals surface area contributed by atoms with Gasteiger partial charge in [0.25, 0.3) is 0 Å². The predicted molar refractivity (Wildman–Crippen MR) is 61.6 cm³/mol. The Labute approximate surface area is 93.1 Å². The molecule has 3 N–H and O–H groups in total. The van der Waals surface area contributed by atoms with Gasteiger partial charge in [-0.25, -0.2) is 0 Å². The van der Waals surface area contributed by atoms with E-state index in [4.69, 9.17) is 5.11 Å². The average Bonchev–Trinajstić information content (AvgIpc) is 2.26. The molecule has 0 saturated heterocycles. The largest absolute Gasteiger partial charge is 0.396 e. The van der Waals surface area contributed by atoms with Crippen LogP contribution in [0.2, 0.25) is 0 Å². The second kappa shape index (κ2) is 8.08. The van der Waals surface area contributed by atoms with Crippen molar-refractivity contribution < 1.29 is 15.3 Å². The molecule has 3 heteroatoms. The zero-order valence-electron chi connectivity index (χ0n) is 10.2. The summed E-state index contributed by atoms with van der Waals surface area (Å²) in [6, 6.07) is 0. The molecule has 0 bridgehead atoms. The molecule has 0 spiro atoms. The normalized spacial score (nSPS) is 19.6. The average molecular weight is 218 g/mol. The molecular formula is C12H26O3. The molecule has 15 heavy (non-hydrogen) atoms. The van der Waals surface area contributed by atoms with Crippen LogP contribution in [0.4, 0.5) is 0 Å². The van der Waals surface area contributed by atoms with E-state index in [9.17, 15) is 10.2 Å². The lowest BCUT2D eigenvalue weighted by molar-refractivity contribution is -0.0111. The molecule has 0 aliphatic heterocycles. The molecule has 0 saturated carbocycles. The molecule has 0 aliphatic rings. The van der Waals surface area contributed by atoms with Gasteiger partial charge in [-0.2, -0.15) is 0 Å². The van der Waals surface area contributed by atoms with Crippen molar-refractivity contribution in [1.29, 1.82) is 0 Å². The van der Waals surface area contributed by atoms with Crippen LogP contribution in [-0.4, -0.2) is 34.1 Å². The van der Waals surface area contributed by atoms with Gasteiger partial charge >= 0.3 is 0 Å². The zero-order valence-corrected chi connectivity index (χ0v) is 10.2. The third-order valence-corrected chi connectivity index (χ3v) is 3.28. The number of unbranched alkanes of at least 4 members (excludes halogenated alkanes) is 1. The third-order valence-electron chi connectivity index (χ3n) is 3.28. The smallest absolute Gasteiger partial charge is 0.0615 e. The van der Waals surface area contributed by atoms with Crippen LogP contribution in [0, 0.1) is 11.8 Å². The van der Waals surface area contributed by atoms with Crippen LogP contribution in [0.3, 0.4) is 0 Å². The molecule has 0 aliphatic carbocycles. The molecular weight excluding hydrogens is 192 g/mol. The maximum absolute atomic E-state index is 9.90. The van der Waals surface area contributed by atoms with Crippen molar-refractivity contribution in [2.45, 2.75) is 58.7 Å². The molecule has 0 amide bonds. The van der Waals surface area contributed by atoms with E-state index in [-0.39, 0.29) is 18.4 Å². The second-order valence-corrected chi connectivity index (χ2v) is 4.52. The number of hydrogen-bond donors (Lipinski definition) is 3. The van der Waals surface area contributed by atoms with E-state index in [1.165, 1.54) is 0 Å². The number of hydrogen-bond acceptors (Lipinski definition) is 3. The summed E-state index contributed by atoms with van der Waals surface area (Å²) in [5.74, 6) is 0.145. The van der Waals surface area contributed by atoms with Crippen molar-refractivity contribution in [2.24, 2.45) is 11.8 Å². The highest BCUT2D eigenvalue weighted by Gasteiger charge is 2.25. The summed E-state index contributed by atoms with van der Waals surface area (Å²) in [5, 5.41) is 28.3. The molecule has 0 unspecified atom stereocenters. The maximum Gasteiger partial charge on any atom is 0.0615 e. The van der Waals surface area contributed by atoms with Crippen molar-refractivity contribution in [3.63, 3.8) is 0 Å². The quantitative estimate of drug-likeness (QED) is 0.542. The molecule has 0 aromatic heterocycles. The van der Waals surface area contributed by atoms with Crippen LogP contribution >= 0.6 is 0 Å². The first kappa shape index (κ1) is 14.9. The van der Waals surface area contributed by atoms with Gasteiger partial charge in [0.05, 0.1) is 12.2 Å². The van der Waals surface area contributed by atoms with Gasteiger partial charge in [0.2, 0.25) is 0 Å². The number of aliphatic hydroxyl groups is 3. The summed E-state index contributed by atoms with van der Waals surface area (Å²) >= 11 is 0. The van der Waals surface area contributed by atoms with Gasteiger partial charge in [0.1, 0.15) is 0 Å². The van der Waals surface area contributed by atoms with Crippen molar-refractivity contribution in [1.82, 2.24) is 0 Å². The Balaban J connectivity index is 3.90. The van der Waals surface area contributed by atoms with Gasteiger partial charge in [0.15, 0.2) is 0 Å². The molecule has 0 aromatic carbocycles. The fraction of sp³-hybridized carbons (Fsp3) is 1.00. The van der Waals surface area contributed by atoms with E-state index in [1.54, 1.807) is 0 Å². The zero-order chi connectivity index (χ0) is 11.8. The van der Waals surface area contributed by atoms with Crippen molar-refractivity contribution in [3.05, 3.63) is 0 Å². The van der Waals surface area contributed by atoms with E-state index in [1.807, 2.05) is 20.8 Å². The Bertz CT molecular complexity index is 150. The highest BCUT2D eigenvalue weighted by atomic mass is 16.3. The number of rotatable bonds is 8. The van der Waals surface area contributed by atoms with Crippen LogP contribution < -0.4 is 0 Å². The fourth-order valence-corrected chi connectivity index (χ4v) is 1.72. The van der Waals surface area contributed by atoms with Gasteiger partial charge in [-0.05, 0) is 25.2 Å². The summed E-state index contributed by atoms with van der Waals surface area (Å²) in [4.78, 5) is 0. The summed E-state index contributed by atoms with van der Waals surface area (Å²) in [7, 11) is 0. The van der Waals surface area contributed by atoms with Gasteiger partial charge in [-0.3, -0.25) is 0 Å². The van der Waals surface area contributed by atoms with Crippen LogP contribution in [0.25, 0.3) is 0 Å². The standard InChI is InChI=1S/C12H26O3/c1-4-9(2)12(15)10(3)11(14)7-5-6-8-13/h9-15H,4-8H2,1-3H3/t9-,10-,11-,12+/m0/s1. The first-order valence-electron chi connectivity index (χ1n) is 6.01. The van der Waals surface area contributed by atoms with E-state index in [0.29, 0.717) is 6.42 Å². The lowest BCUT2D eigenvalue weighted by Gasteiger charge is -2.28. The molecule has 0 radical (unpaired) electrons. The Morgan fingerprint density at radius 1 is 1.07 bits per heavy atom. The maximum atomic E-state index is 9.90. The SMILES string of the molecule is CC[C@H](C)[C@@H](O)[C@@H](C)[C@@H](O)CCCCO. The minimum atomic E-state index is -0.458. The van der Waals surface area contributed by atoms with Crippen LogP contribution in [0.15, 0.2) is 0 Å². The summed E-state index contributed by atoms with van der Waals surface area (Å²) in [6.45, 7) is 6.11. The van der Waals surface area contributed by atoms with Gasteiger partial charge in [-0.1, -0.05) is 27.2 Å². The minimum absolute atomic E-state index is 0.0846. The van der Waals surface area contributed by atoms with E-state index >= 15 is 0 Å². The fourth-order valence-electron chi connectivity index (χ4n) is 1.72. The third kappa shape index (κ3) is 5.50. The van der Waals surface area contributed by atoms with E-state index in [2.05, 4.69) is 0 Å². The van der Waals surface area contributed by atoms with Crippen molar-refractivity contribution >= 4 is 0 Å². The Morgan fingerprint density at radius 3 is 2.13 bits per heavy atom. The molecule has 3 nitrogen and oxygen atoms in total. The molecule has 0 aromatic rings. The summed E-state index contributed by atoms with van der Waals surface area (Å²) < 4.78 is 0. The first-order chi connectivity index (χ1) is 7.04. The molecule has 0 rings (SSSR count). The topological polar surface area (TPSA) is 60.7 Å². The number of aliphatic hydroxyl groups excluding tert-OH is 3. The monoisotopic (exact) mass is 218 g/mol. The predicted octanol–water partition coefficient (Wildman–Crippen LogP) is 1.55. The molecule has 4 atom stereocenters. The molecule has 0 heterocycles. The highest BCUT2D eigenvalue weighted by Crippen LogP contribution is 2.21.